The molecule has 0 saturated carbocycles. The highest BCUT2D eigenvalue weighted by Gasteiger charge is 2.32. The Morgan fingerprint density at radius 2 is 2.30 bits per heavy atom. The number of rotatable bonds is 6. The molecular weight excluding hydrogens is 296 g/mol. The van der Waals surface area contributed by atoms with Crippen LogP contribution in [0.25, 0.3) is 11.5 Å². The van der Waals surface area contributed by atoms with Gasteiger partial charge in [0, 0.05) is 25.1 Å². The van der Waals surface area contributed by atoms with Crippen LogP contribution in [-0.2, 0) is 4.74 Å². The van der Waals surface area contributed by atoms with Crippen molar-refractivity contribution < 1.29 is 13.9 Å². The van der Waals surface area contributed by atoms with E-state index in [0.717, 1.165) is 25.9 Å². The zero-order chi connectivity index (χ0) is 16.1. The van der Waals surface area contributed by atoms with Crippen molar-refractivity contribution in [3.63, 3.8) is 0 Å². The molecule has 2 aromatic heterocycles. The Labute approximate surface area is 134 Å². The molecule has 7 nitrogen and oxygen atoms in total. The molecule has 2 aromatic rings. The molecule has 3 N–H and O–H groups in total. The van der Waals surface area contributed by atoms with Crippen LogP contribution >= 0.6 is 0 Å². The van der Waals surface area contributed by atoms with Gasteiger partial charge in [0.15, 0.2) is 11.5 Å². The van der Waals surface area contributed by atoms with Gasteiger partial charge in [0.05, 0.1) is 12.9 Å². The van der Waals surface area contributed by atoms with Gasteiger partial charge < -0.3 is 19.8 Å². The van der Waals surface area contributed by atoms with Crippen LogP contribution in [0.3, 0.4) is 0 Å². The molecule has 3 heterocycles. The first kappa shape index (κ1) is 15.8. The van der Waals surface area contributed by atoms with Crippen molar-refractivity contribution in [2.24, 2.45) is 5.41 Å². The van der Waals surface area contributed by atoms with Crippen LogP contribution in [0.5, 0.6) is 0 Å². The fraction of sp³-hybridized carbons (Fsp3) is 0.500. The Kier molecular flexibility index (Phi) is 4.78. The topological polar surface area (TPSA) is 92.2 Å². The number of furan rings is 1. The summed E-state index contributed by atoms with van der Waals surface area (Å²) in [5.41, 5.74) is 1.04. The van der Waals surface area contributed by atoms with Gasteiger partial charge >= 0.3 is 0 Å². The van der Waals surface area contributed by atoms with Gasteiger partial charge in [-0.15, -0.1) is 0 Å². The molecule has 0 unspecified atom stereocenters. The number of piperidine rings is 1. The number of hydrogen-bond acceptors (Lipinski definition) is 5. The summed E-state index contributed by atoms with van der Waals surface area (Å²) in [6.07, 6.45) is 3.56. The van der Waals surface area contributed by atoms with Crippen LogP contribution in [0.2, 0.25) is 0 Å². The maximum Gasteiger partial charge on any atom is 0.271 e. The number of ether oxygens (including phenoxy) is 1. The minimum atomic E-state index is -0.187. The molecule has 23 heavy (non-hydrogen) atoms. The van der Waals surface area contributed by atoms with E-state index in [1.165, 1.54) is 0 Å². The summed E-state index contributed by atoms with van der Waals surface area (Å²) >= 11 is 0. The lowest BCUT2D eigenvalue weighted by Gasteiger charge is -2.37. The lowest BCUT2D eigenvalue weighted by atomic mass is 9.79. The number of H-pyrrole nitrogens is 1. The van der Waals surface area contributed by atoms with Gasteiger partial charge in [-0.3, -0.25) is 9.89 Å². The molecule has 0 aliphatic carbocycles. The van der Waals surface area contributed by atoms with Crippen LogP contribution in [0, 0.1) is 5.41 Å². The summed E-state index contributed by atoms with van der Waals surface area (Å²) in [7, 11) is 1.70. The van der Waals surface area contributed by atoms with Crippen LogP contribution in [-0.4, -0.2) is 49.5 Å². The van der Waals surface area contributed by atoms with Crippen molar-refractivity contribution in [2.45, 2.75) is 12.8 Å². The number of aromatic amines is 1. The highest BCUT2D eigenvalue weighted by molar-refractivity contribution is 5.93. The van der Waals surface area contributed by atoms with Crippen molar-refractivity contribution in [1.82, 2.24) is 20.8 Å². The minimum Gasteiger partial charge on any atom is -0.463 e. The number of hydrogen-bond donors (Lipinski definition) is 3. The summed E-state index contributed by atoms with van der Waals surface area (Å²) in [6, 6.07) is 5.30. The summed E-state index contributed by atoms with van der Waals surface area (Å²) < 4.78 is 10.7. The van der Waals surface area contributed by atoms with E-state index in [0.29, 0.717) is 30.3 Å². The van der Waals surface area contributed by atoms with E-state index in [1.54, 1.807) is 25.5 Å². The molecule has 3 rings (SSSR count). The van der Waals surface area contributed by atoms with Crippen LogP contribution in [0.15, 0.2) is 28.9 Å². The Bertz CT molecular complexity index is 624. The number of nitrogens with one attached hydrogen (secondary N) is 3. The Morgan fingerprint density at radius 1 is 1.48 bits per heavy atom. The molecule has 1 aliphatic rings. The first-order valence-corrected chi connectivity index (χ1v) is 7.80. The first-order valence-electron chi connectivity index (χ1n) is 7.80. The minimum absolute atomic E-state index is 0.00416. The second-order valence-electron chi connectivity index (χ2n) is 6.01. The lowest BCUT2D eigenvalue weighted by molar-refractivity contribution is 0.0510. The maximum absolute atomic E-state index is 12.3. The number of nitrogens with zero attached hydrogens (tertiary/aromatic N) is 1. The van der Waals surface area contributed by atoms with Gasteiger partial charge in [0.2, 0.25) is 0 Å². The van der Waals surface area contributed by atoms with E-state index in [4.69, 9.17) is 9.15 Å². The van der Waals surface area contributed by atoms with E-state index in [9.17, 15) is 4.79 Å². The SMILES string of the molecule is COCC1(CNC(=O)c2cc(-c3ccco3)[nH]n2)CCNCC1. The third-order valence-electron chi connectivity index (χ3n) is 4.34. The van der Waals surface area contributed by atoms with Gasteiger partial charge in [0.1, 0.15) is 5.69 Å². The number of carbonyl (C=O) groups excluding carboxylic acids is 1. The molecule has 124 valence electrons. The van der Waals surface area contributed by atoms with Crippen LogP contribution in [0.4, 0.5) is 0 Å². The molecule has 7 heteroatoms. The quantitative estimate of drug-likeness (QED) is 0.749. The highest BCUT2D eigenvalue weighted by atomic mass is 16.5. The van der Waals surface area contributed by atoms with Gasteiger partial charge in [-0.2, -0.15) is 5.10 Å². The van der Waals surface area contributed by atoms with E-state index < -0.39 is 0 Å². The van der Waals surface area contributed by atoms with Crippen LogP contribution in [0.1, 0.15) is 23.3 Å². The van der Waals surface area contributed by atoms with Crippen molar-refractivity contribution in [1.29, 1.82) is 0 Å². The molecule has 1 fully saturated rings. The lowest BCUT2D eigenvalue weighted by Crippen LogP contribution is -2.47. The predicted molar refractivity (Wildman–Crippen MR) is 85.0 cm³/mol. The Hall–Kier alpha value is -2.12. The van der Waals surface area contributed by atoms with Crippen molar-refractivity contribution in [2.75, 3.05) is 33.4 Å². The van der Waals surface area contributed by atoms with E-state index in [1.807, 2.05) is 6.07 Å². The zero-order valence-electron chi connectivity index (χ0n) is 13.2. The van der Waals surface area contributed by atoms with Gasteiger partial charge in [0.25, 0.3) is 5.91 Å². The summed E-state index contributed by atoms with van der Waals surface area (Å²) in [5, 5.41) is 13.2. The smallest absolute Gasteiger partial charge is 0.271 e. The Morgan fingerprint density at radius 3 is 3.00 bits per heavy atom. The van der Waals surface area contributed by atoms with Crippen LogP contribution < -0.4 is 10.6 Å². The first-order chi connectivity index (χ1) is 11.2. The predicted octanol–water partition coefficient (Wildman–Crippen LogP) is 1.42. The molecule has 1 saturated heterocycles. The van der Waals surface area contributed by atoms with E-state index in [2.05, 4.69) is 20.8 Å². The second-order valence-corrected chi connectivity index (χ2v) is 6.01. The number of methoxy groups -OCH3 is 1. The summed E-state index contributed by atoms with van der Waals surface area (Å²) in [5.74, 6) is 0.471. The Balaban J connectivity index is 1.62. The van der Waals surface area contributed by atoms with Crippen molar-refractivity contribution in [3.05, 3.63) is 30.2 Å². The van der Waals surface area contributed by atoms with Crippen molar-refractivity contribution >= 4 is 5.91 Å². The highest BCUT2D eigenvalue weighted by Crippen LogP contribution is 2.28. The third kappa shape index (κ3) is 3.62. The zero-order valence-corrected chi connectivity index (χ0v) is 13.2. The molecule has 1 amide bonds. The van der Waals surface area contributed by atoms with Gasteiger partial charge in [-0.1, -0.05) is 0 Å². The molecule has 0 atom stereocenters. The number of amides is 1. The fourth-order valence-electron chi connectivity index (χ4n) is 2.99. The maximum atomic E-state index is 12.3. The molecule has 0 aromatic carbocycles. The largest absolute Gasteiger partial charge is 0.463 e. The molecule has 1 aliphatic heterocycles. The standard InChI is InChI=1S/C16H22N4O3/c1-22-11-16(4-6-17-7-5-16)10-18-15(21)13-9-12(19-20-13)14-3-2-8-23-14/h2-3,8-9,17H,4-7,10-11H2,1H3,(H,18,21)(H,19,20). The van der Waals surface area contributed by atoms with Crippen molar-refractivity contribution in [3.8, 4) is 11.5 Å². The third-order valence-corrected chi connectivity index (χ3v) is 4.34. The van der Waals surface area contributed by atoms with E-state index in [-0.39, 0.29) is 11.3 Å². The monoisotopic (exact) mass is 318 g/mol. The number of aromatic nitrogens is 2. The van der Waals surface area contributed by atoms with E-state index >= 15 is 0 Å². The average Bonchev–Trinajstić information content (AvgIpc) is 3.25. The fourth-order valence-corrected chi connectivity index (χ4v) is 2.99. The second kappa shape index (κ2) is 6.97. The summed E-state index contributed by atoms with van der Waals surface area (Å²) in [6.45, 7) is 3.13. The normalized spacial score (nSPS) is 17.1. The average molecular weight is 318 g/mol. The van der Waals surface area contributed by atoms with Gasteiger partial charge in [-0.05, 0) is 38.1 Å². The van der Waals surface area contributed by atoms with Gasteiger partial charge in [-0.25, -0.2) is 0 Å². The number of carbonyl (C=O) groups is 1. The molecule has 0 radical (unpaired) electrons. The summed E-state index contributed by atoms with van der Waals surface area (Å²) in [4.78, 5) is 12.3. The molecular formula is C16H22N4O3. The molecule has 0 bridgehead atoms. The molecule has 0 spiro atoms.